The van der Waals surface area contributed by atoms with Crippen LogP contribution in [0.3, 0.4) is 0 Å². The van der Waals surface area contributed by atoms with Gasteiger partial charge in [0, 0.05) is 37.3 Å². The van der Waals surface area contributed by atoms with E-state index in [0.29, 0.717) is 4.99 Å². The molecule has 2 aliphatic heterocycles. The third kappa shape index (κ3) is 3.66. The molecule has 0 aliphatic carbocycles. The predicted molar refractivity (Wildman–Crippen MR) is 120 cm³/mol. The summed E-state index contributed by atoms with van der Waals surface area (Å²) in [5.41, 5.74) is -0.634. The molecule has 2 amide bonds. The van der Waals surface area contributed by atoms with Crippen molar-refractivity contribution in [1.29, 1.82) is 0 Å². The Balaban J connectivity index is 1.60. The van der Waals surface area contributed by atoms with Crippen LogP contribution in [0.4, 0.5) is 10.8 Å². The van der Waals surface area contributed by atoms with Gasteiger partial charge >= 0.3 is 5.97 Å². The molecule has 0 radical (unpaired) electrons. The number of aliphatic carboxylic acids is 1. The second-order valence-corrected chi connectivity index (χ2v) is 9.86. The van der Waals surface area contributed by atoms with Crippen LogP contribution in [0.1, 0.15) is 18.9 Å². The molecule has 3 atom stereocenters. The van der Waals surface area contributed by atoms with Crippen molar-refractivity contribution in [2.75, 3.05) is 22.5 Å². The zero-order valence-electron chi connectivity index (χ0n) is 16.5. The van der Waals surface area contributed by atoms with Crippen LogP contribution < -0.4 is 10.2 Å². The summed E-state index contributed by atoms with van der Waals surface area (Å²) in [4.78, 5) is 44.6. The molecular weight excluding hydrogens is 460 g/mol. The maximum absolute atomic E-state index is 13.1. The van der Waals surface area contributed by atoms with Crippen molar-refractivity contribution in [3.63, 3.8) is 0 Å². The number of carbonyl (C=O) groups excluding carboxylic acids is 2. The number of amides is 2. The topological polar surface area (TPSA) is 129 Å². The Bertz CT molecular complexity index is 1060. The van der Waals surface area contributed by atoms with Crippen LogP contribution in [0.5, 0.6) is 0 Å². The lowest BCUT2D eigenvalue weighted by Crippen LogP contribution is -2.75. The van der Waals surface area contributed by atoms with Gasteiger partial charge in [0.25, 0.3) is 0 Å². The molecule has 2 saturated heterocycles. The number of nitrogens with zero attached hydrogens (tertiary/aromatic N) is 5. The van der Waals surface area contributed by atoms with Gasteiger partial charge in [0.2, 0.25) is 16.9 Å². The molecular formula is C18H18N6O4S3. The SMILES string of the molecule is CC(=O)Nc1nnc(C2(C(=O)O)CS[C@@H]3C(N(C(C)=S)c4ccncc4)C(=O)N3C2)s1. The number of rotatable bonds is 5. The van der Waals surface area contributed by atoms with Gasteiger partial charge in [-0.3, -0.25) is 19.4 Å². The summed E-state index contributed by atoms with van der Waals surface area (Å²) in [7, 11) is 0. The molecule has 0 aromatic carbocycles. The lowest BCUT2D eigenvalue weighted by atomic mass is 9.87. The first-order chi connectivity index (χ1) is 14.7. The minimum Gasteiger partial charge on any atom is -0.480 e. The molecule has 31 heavy (non-hydrogen) atoms. The number of carbonyl (C=O) groups is 3. The van der Waals surface area contributed by atoms with Gasteiger partial charge in [-0.1, -0.05) is 23.6 Å². The van der Waals surface area contributed by atoms with E-state index in [4.69, 9.17) is 12.2 Å². The van der Waals surface area contributed by atoms with Gasteiger partial charge in [-0.2, -0.15) is 0 Å². The summed E-state index contributed by atoms with van der Waals surface area (Å²) in [5, 5.41) is 20.7. The normalized spacial score (nSPS) is 24.7. The summed E-state index contributed by atoms with van der Waals surface area (Å²) >= 11 is 7.79. The van der Waals surface area contributed by atoms with Gasteiger partial charge in [0.1, 0.15) is 21.8 Å². The minimum absolute atomic E-state index is 0.0231. The van der Waals surface area contributed by atoms with Crippen molar-refractivity contribution in [3.05, 3.63) is 29.5 Å². The number of thiocarbonyl (C=S) groups is 1. The lowest BCUT2D eigenvalue weighted by Gasteiger charge is -2.56. The predicted octanol–water partition coefficient (Wildman–Crippen LogP) is 1.35. The zero-order chi connectivity index (χ0) is 22.3. The number of carboxylic acid groups (broad SMARTS) is 1. The Hall–Kier alpha value is -2.64. The van der Waals surface area contributed by atoms with Crippen molar-refractivity contribution in [2.24, 2.45) is 0 Å². The van der Waals surface area contributed by atoms with E-state index in [-0.39, 0.29) is 39.6 Å². The maximum atomic E-state index is 13.1. The highest BCUT2D eigenvalue weighted by molar-refractivity contribution is 8.00. The number of carboxylic acids is 1. The van der Waals surface area contributed by atoms with Crippen LogP contribution in [-0.4, -0.2) is 71.7 Å². The van der Waals surface area contributed by atoms with E-state index in [9.17, 15) is 19.5 Å². The average Bonchev–Trinajstić information content (AvgIpc) is 3.19. The van der Waals surface area contributed by atoms with E-state index in [2.05, 4.69) is 20.5 Å². The fourth-order valence-electron chi connectivity index (χ4n) is 3.67. The first-order valence-corrected chi connectivity index (χ1v) is 11.5. The van der Waals surface area contributed by atoms with Gasteiger partial charge in [-0.25, -0.2) is 0 Å². The second kappa shape index (κ2) is 8.13. The van der Waals surface area contributed by atoms with Crippen LogP contribution in [0, 0.1) is 0 Å². The summed E-state index contributed by atoms with van der Waals surface area (Å²) in [6.45, 7) is 3.07. The Morgan fingerprint density at radius 1 is 1.32 bits per heavy atom. The summed E-state index contributed by atoms with van der Waals surface area (Å²) < 4.78 is 0. The average molecular weight is 479 g/mol. The van der Waals surface area contributed by atoms with Gasteiger partial charge < -0.3 is 20.2 Å². The van der Waals surface area contributed by atoms with Crippen LogP contribution in [-0.2, 0) is 19.8 Å². The van der Waals surface area contributed by atoms with E-state index in [1.54, 1.807) is 41.2 Å². The monoisotopic (exact) mass is 478 g/mol. The number of nitrogens with one attached hydrogen (secondary N) is 1. The minimum atomic E-state index is -1.40. The van der Waals surface area contributed by atoms with Crippen molar-refractivity contribution in [2.45, 2.75) is 30.7 Å². The summed E-state index contributed by atoms with van der Waals surface area (Å²) in [5.74, 6) is -1.40. The van der Waals surface area contributed by atoms with Crippen molar-refractivity contribution in [3.8, 4) is 0 Å². The molecule has 13 heteroatoms. The Morgan fingerprint density at radius 2 is 2.03 bits per heavy atom. The van der Waals surface area contributed by atoms with Crippen LogP contribution >= 0.6 is 35.3 Å². The van der Waals surface area contributed by atoms with Crippen molar-refractivity contribution < 1.29 is 19.5 Å². The quantitative estimate of drug-likeness (QED) is 0.480. The largest absolute Gasteiger partial charge is 0.480 e. The number of thioether (sulfide) groups is 1. The van der Waals surface area contributed by atoms with Gasteiger partial charge in [0.15, 0.2) is 0 Å². The fourth-order valence-corrected chi connectivity index (χ4v) is 6.52. The molecule has 2 aromatic rings. The molecule has 0 saturated carbocycles. The highest BCUT2D eigenvalue weighted by Gasteiger charge is 2.60. The Kier molecular flexibility index (Phi) is 5.66. The molecule has 2 unspecified atom stereocenters. The molecule has 2 N–H and O–H groups in total. The third-order valence-corrected chi connectivity index (χ3v) is 7.89. The molecule has 0 spiro atoms. The van der Waals surface area contributed by atoms with Crippen LogP contribution in [0.2, 0.25) is 0 Å². The number of pyridine rings is 1. The molecule has 162 valence electrons. The lowest BCUT2D eigenvalue weighted by molar-refractivity contribution is -0.151. The third-order valence-electron chi connectivity index (χ3n) is 5.14. The van der Waals surface area contributed by atoms with E-state index < -0.39 is 17.4 Å². The maximum Gasteiger partial charge on any atom is 0.319 e. The second-order valence-electron chi connectivity index (χ2n) is 7.19. The number of hydrogen-bond acceptors (Lipinski definition) is 9. The number of β-lactam (4-membered cyclic amide) rings is 1. The van der Waals surface area contributed by atoms with Gasteiger partial charge in [0.05, 0.1) is 4.99 Å². The standard InChI is InChI=1S/C18H18N6O4S3/c1-9(25)20-17-22-21-15(31-17)18(16(27)28)7-23-13(26)12(14(23)30-8-18)24(10(2)29)11-3-5-19-6-4-11/h3-6,12,14H,7-8H2,1-2H3,(H,27,28)(H,20,22,25)/t12?,14-,18?/m1/s1. The fraction of sp³-hybridized carbons (Fsp3) is 0.389. The van der Waals surface area contributed by atoms with E-state index in [0.717, 1.165) is 17.0 Å². The van der Waals surface area contributed by atoms with E-state index in [1.165, 1.54) is 18.7 Å². The number of fused-ring (bicyclic) bond motifs is 1. The highest BCUT2D eigenvalue weighted by Crippen LogP contribution is 2.46. The highest BCUT2D eigenvalue weighted by atomic mass is 32.2. The van der Waals surface area contributed by atoms with Crippen LogP contribution in [0.25, 0.3) is 0 Å². The molecule has 4 heterocycles. The zero-order valence-corrected chi connectivity index (χ0v) is 19.0. The molecule has 2 aliphatic rings. The Labute approximate surface area is 191 Å². The molecule has 0 bridgehead atoms. The smallest absolute Gasteiger partial charge is 0.319 e. The van der Waals surface area contributed by atoms with E-state index in [1.807, 2.05) is 0 Å². The molecule has 10 nitrogen and oxygen atoms in total. The van der Waals surface area contributed by atoms with Gasteiger partial charge in [-0.15, -0.1) is 22.0 Å². The number of anilines is 2. The molecule has 2 fully saturated rings. The summed E-state index contributed by atoms with van der Waals surface area (Å²) in [6, 6.07) is 3.05. The molecule has 2 aromatic heterocycles. The molecule has 4 rings (SSSR count). The van der Waals surface area contributed by atoms with E-state index >= 15 is 0 Å². The number of aromatic nitrogens is 3. The Morgan fingerprint density at radius 3 is 2.65 bits per heavy atom. The first-order valence-electron chi connectivity index (χ1n) is 9.21. The summed E-state index contributed by atoms with van der Waals surface area (Å²) in [6.07, 6.45) is 3.26. The number of hydrogen-bond donors (Lipinski definition) is 2. The first kappa shape index (κ1) is 21.6. The van der Waals surface area contributed by atoms with Crippen molar-refractivity contribution >= 4 is 68.9 Å². The van der Waals surface area contributed by atoms with Crippen LogP contribution in [0.15, 0.2) is 24.5 Å². The van der Waals surface area contributed by atoms with Crippen molar-refractivity contribution in [1.82, 2.24) is 20.1 Å². The van der Waals surface area contributed by atoms with Gasteiger partial charge in [-0.05, 0) is 19.1 Å².